The van der Waals surface area contributed by atoms with E-state index >= 15 is 0 Å². The zero-order valence-corrected chi connectivity index (χ0v) is 12.7. The van der Waals surface area contributed by atoms with Crippen LogP contribution >= 0.6 is 12.2 Å². The van der Waals surface area contributed by atoms with Gasteiger partial charge < -0.3 is 9.88 Å². The minimum Gasteiger partial charge on any atom is -0.376 e. The summed E-state index contributed by atoms with van der Waals surface area (Å²) in [5.74, 6) is 0. The van der Waals surface area contributed by atoms with Crippen LogP contribution in [-0.4, -0.2) is 23.6 Å². The van der Waals surface area contributed by atoms with Gasteiger partial charge in [0.1, 0.15) is 0 Å². The van der Waals surface area contributed by atoms with Crippen LogP contribution in [0.3, 0.4) is 0 Å². The fourth-order valence-electron chi connectivity index (χ4n) is 2.48. The molecular formula is C16H17N3S. The van der Waals surface area contributed by atoms with E-state index in [1.54, 1.807) is 0 Å². The molecule has 0 unspecified atom stereocenters. The predicted molar refractivity (Wildman–Crippen MR) is 87.5 cm³/mol. The van der Waals surface area contributed by atoms with Crippen molar-refractivity contribution in [3.63, 3.8) is 0 Å². The topological polar surface area (TPSA) is 24.0 Å². The van der Waals surface area contributed by atoms with E-state index in [0.29, 0.717) is 0 Å². The first-order valence-electron chi connectivity index (χ1n) is 6.56. The highest BCUT2D eigenvalue weighted by molar-refractivity contribution is 7.71. The Labute approximate surface area is 123 Å². The Balaban J connectivity index is 2.38. The summed E-state index contributed by atoms with van der Waals surface area (Å²) in [6, 6.07) is 14.6. The second-order valence-electron chi connectivity index (χ2n) is 5.17. The van der Waals surface area contributed by atoms with Crippen LogP contribution in [0.25, 0.3) is 16.7 Å². The zero-order valence-electron chi connectivity index (χ0n) is 11.8. The van der Waals surface area contributed by atoms with Gasteiger partial charge in [-0.3, -0.25) is 4.57 Å². The number of fused-ring (bicyclic) bond motifs is 1. The van der Waals surface area contributed by atoms with E-state index < -0.39 is 0 Å². The molecule has 3 aromatic rings. The molecule has 0 fully saturated rings. The maximum absolute atomic E-state index is 5.51. The quantitative estimate of drug-likeness (QED) is 0.717. The molecule has 3 rings (SSSR count). The second-order valence-corrected chi connectivity index (χ2v) is 5.56. The molecule has 2 aromatic carbocycles. The maximum atomic E-state index is 5.51. The molecule has 0 aliphatic rings. The first kappa shape index (κ1) is 12.9. The Morgan fingerprint density at radius 1 is 1.10 bits per heavy atom. The monoisotopic (exact) mass is 283 g/mol. The fraction of sp³-hybridized carbons (Fsp3) is 0.188. The first-order chi connectivity index (χ1) is 9.58. The zero-order chi connectivity index (χ0) is 14.3. The van der Waals surface area contributed by atoms with Crippen molar-refractivity contribution in [1.29, 1.82) is 0 Å². The average molecular weight is 283 g/mol. The lowest BCUT2D eigenvalue weighted by Crippen LogP contribution is -2.12. The lowest BCUT2D eigenvalue weighted by atomic mass is 10.2. The highest BCUT2D eigenvalue weighted by Gasteiger charge is 2.11. The Morgan fingerprint density at radius 3 is 2.60 bits per heavy atom. The van der Waals surface area contributed by atoms with E-state index in [0.717, 1.165) is 27.2 Å². The standard InChI is InChI=1S/C16H17N3S/c1-11-8-9-12-15(10-11)19(16(20)17-12)14-7-5-4-6-13(14)18(2)3/h4-10H,1-3H3,(H,17,20). The number of hydrogen-bond acceptors (Lipinski definition) is 2. The summed E-state index contributed by atoms with van der Waals surface area (Å²) in [6.45, 7) is 2.09. The van der Waals surface area contributed by atoms with Crippen LogP contribution < -0.4 is 4.90 Å². The van der Waals surface area contributed by atoms with Gasteiger partial charge in [-0.05, 0) is 49.0 Å². The van der Waals surface area contributed by atoms with Crippen molar-refractivity contribution in [2.24, 2.45) is 0 Å². The molecule has 0 bridgehead atoms. The number of anilines is 1. The predicted octanol–water partition coefficient (Wildman–Crippen LogP) is 4.06. The summed E-state index contributed by atoms with van der Waals surface area (Å²) >= 11 is 5.51. The van der Waals surface area contributed by atoms with Crippen molar-refractivity contribution in [2.75, 3.05) is 19.0 Å². The van der Waals surface area contributed by atoms with Crippen LogP contribution in [0.5, 0.6) is 0 Å². The van der Waals surface area contributed by atoms with Crippen molar-refractivity contribution in [3.05, 3.63) is 52.8 Å². The SMILES string of the molecule is Cc1ccc2[nH]c(=S)n(-c3ccccc3N(C)C)c2c1. The molecule has 0 aliphatic heterocycles. The molecule has 1 N–H and O–H groups in total. The number of imidazole rings is 1. The van der Waals surface area contributed by atoms with Crippen LogP contribution in [0.4, 0.5) is 5.69 Å². The molecule has 102 valence electrons. The lowest BCUT2D eigenvalue weighted by Gasteiger charge is -2.18. The smallest absolute Gasteiger partial charge is 0.182 e. The number of aryl methyl sites for hydroxylation is 1. The molecule has 20 heavy (non-hydrogen) atoms. The van der Waals surface area contributed by atoms with E-state index in [-0.39, 0.29) is 0 Å². The molecule has 0 atom stereocenters. The maximum Gasteiger partial charge on any atom is 0.182 e. The normalized spacial score (nSPS) is 10.9. The van der Waals surface area contributed by atoms with Crippen molar-refractivity contribution < 1.29 is 0 Å². The molecular weight excluding hydrogens is 266 g/mol. The number of rotatable bonds is 2. The third-order valence-electron chi connectivity index (χ3n) is 3.44. The summed E-state index contributed by atoms with van der Waals surface area (Å²) in [5, 5.41) is 0. The van der Waals surface area contributed by atoms with Crippen LogP contribution in [0.1, 0.15) is 5.56 Å². The molecule has 1 aromatic heterocycles. The number of aromatic amines is 1. The Hall–Kier alpha value is -2.07. The number of benzene rings is 2. The second kappa shape index (κ2) is 4.80. The van der Waals surface area contributed by atoms with Crippen LogP contribution in [0, 0.1) is 11.7 Å². The van der Waals surface area contributed by atoms with Gasteiger partial charge in [0.15, 0.2) is 4.77 Å². The number of hydrogen-bond donors (Lipinski definition) is 1. The largest absolute Gasteiger partial charge is 0.376 e. The average Bonchev–Trinajstić information content (AvgIpc) is 2.74. The summed E-state index contributed by atoms with van der Waals surface area (Å²) in [7, 11) is 4.09. The third-order valence-corrected chi connectivity index (χ3v) is 3.73. The number of para-hydroxylation sites is 2. The Kier molecular flexibility index (Phi) is 3.10. The van der Waals surface area contributed by atoms with E-state index in [9.17, 15) is 0 Å². The van der Waals surface area contributed by atoms with Gasteiger partial charge in [-0.1, -0.05) is 18.2 Å². The number of nitrogens with zero attached hydrogens (tertiary/aromatic N) is 2. The third kappa shape index (κ3) is 2.02. The Morgan fingerprint density at radius 2 is 1.85 bits per heavy atom. The van der Waals surface area contributed by atoms with Crippen molar-refractivity contribution in [3.8, 4) is 5.69 Å². The highest BCUT2D eigenvalue weighted by Crippen LogP contribution is 2.27. The molecule has 0 radical (unpaired) electrons. The van der Waals surface area contributed by atoms with E-state index in [1.807, 2.05) is 26.2 Å². The van der Waals surface area contributed by atoms with Crippen LogP contribution in [0.2, 0.25) is 0 Å². The molecule has 0 aliphatic carbocycles. The van der Waals surface area contributed by atoms with E-state index in [4.69, 9.17) is 12.2 Å². The van der Waals surface area contributed by atoms with Gasteiger partial charge in [-0.25, -0.2) is 0 Å². The minimum atomic E-state index is 0.722. The lowest BCUT2D eigenvalue weighted by molar-refractivity contribution is 1.03. The van der Waals surface area contributed by atoms with E-state index in [1.165, 1.54) is 5.56 Å². The summed E-state index contributed by atoms with van der Waals surface area (Å²) < 4.78 is 2.83. The first-order valence-corrected chi connectivity index (χ1v) is 6.97. The van der Waals surface area contributed by atoms with Crippen molar-refractivity contribution >= 4 is 28.9 Å². The molecule has 0 spiro atoms. The fourth-order valence-corrected chi connectivity index (χ4v) is 2.79. The molecule has 0 saturated heterocycles. The number of nitrogens with one attached hydrogen (secondary N) is 1. The van der Waals surface area contributed by atoms with Crippen molar-refractivity contribution in [2.45, 2.75) is 6.92 Å². The molecule has 3 nitrogen and oxygen atoms in total. The van der Waals surface area contributed by atoms with Gasteiger partial charge in [0.2, 0.25) is 0 Å². The van der Waals surface area contributed by atoms with Crippen molar-refractivity contribution in [1.82, 2.24) is 9.55 Å². The Bertz CT molecular complexity index is 827. The van der Waals surface area contributed by atoms with Gasteiger partial charge in [0.05, 0.1) is 22.4 Å². The number of aromatic nitrogens is 2. The van der Waals surface area contributed by atoms with Gasteiger partial charge in [0.25, 0.3) is 0 Å². The van der Waals surface area contributed by atoms with Gasteiger partial charge in [0, 0.05) is 14.1 Å². The molecule has 1 heterocycles. The summed E-state index contributed by atoms with van der Waals surface area (Å²) in [6.07, 6.45) is 0. The highest BCUT2D eigenvalue weighted by atomic mass is 32.1. The van der Waals surface area contributed by atoms with Gasteiger partial charge in [-0.15, -0.1) is 0 Å². The summed E-state index contributed by atoms with van der Waals surface area (Å²) in [5.41, 5.74) is 5.64. The van der Waals surface area contributed by atoms with Crippen LogP contribution in [0.15, 0.2) is 42.5 Å². The minimum absolute atomic E-state index is 0.722. The van der Waals surface area contributed by atoms with Gasteiger partial charge >= 0.3 is 0 Å². The molecule has 4 heteroatoms. The van der Waals surface area contributed by atoms with Gasteiger partial charge in [-0.2, -0.15) is 0 Å². The van der Waals surface area contributed by atoms with Crippen LogP contribution in [-0.2, 0) is 0 Å². The number of H-pyrrole nitrogens is 1. The summed E-state index contributed by atoms with van der Waals surface area (Å²) in [4.78, 5) is 5.38. The molecule has 0 saturated carbocycles. The molecule has 0 amide bonds. The van der Waals surface area contributed by atoms with E-state index in [2.05, 4.69) is 51.7 Å².